The molecular formula is C16H20N2O. The second-order valence-corrected chi connectivity index (χ2v) is 5.18. The first-order chi connectivity index (χ1) is 8.90. The molecule has 0 fully saturated rings. The summed E-state index contributed by atoms with van der Waals surface area (Å²) in [5.41, 5.74) is 11.9. The fourth-order valence-electron chi connectivity index (χ4n) is 2.27. The lowest BCUT2D eigenvalue weighted by Crippen LogP contribution is -2.08. The van der Waals surface area contributed by atoms with Crippen molar-refractivity contribution < 1.29 is 5.11 Å². The Labute approximate surface area is 114 Å². The molecule has 2 aromatic rings. The van der Waals surface area contributed by atoms with Crippen molar-refractivity contribution in [3.8, 4) is 0 Å². The summed E-state index contributed by atoms with van der Waals surface area (Å²) in [4.78, 5) is 4.11. The molecule has 3 nitrogen and oxygen atoms in total. The van der Waals surface area contributed by atoms with E-state index in [1.54, 1.807) is 6.20 Å². The predicted octanol–water partition coefficient (Wildman–Crippen LogP) is 2.98. The van der Waals surface area contributed by atoms with Crippen molar-refractivity contribution in [3.05, 3.63) is 57.8 Å². The zero-order valence-electron chi connectivity index (χ0n) is 11.9. The van der Waals surface area contributed by atoms with Gasteiger partial charge in [0.15, 0.2) is 0 Å². The van der Waals surface area contributed by atoms with Gasteiger partial charge in [0, 0.05) is 11.8 Å². The molecule has 0 saturated carbocycles. The third-order valence-corrected chi connectivity index (χ3v) is 3.56. The third kappa shape index (κ3) is 2.61. The number of nitrogens with two attached hydrogens (primary N) is 1. The molecule has 1 unspecified atom stereocenters. The zero-order valence-corrected chi connectivity index (χ0v) is 11.9. The molecular weight excluding hydrogens is 236 g/mol. The number of aliphatic hydroxyl groups excluding tert-OH is 1. The third-order valence-electron chi connectivity index (χ3n) is 3.56. The maximum absolute atomic E-state index is 10.6. The first-order valence-corrected chi connectivity index (χ1v) is 6.38. The van der Waals surface area contributed by atoms with Gasteiger partial charge in [0.25, 0.3) is 0 Å². The fraction of sp³-hybridized carbons (Fsp3) is 0.312. The number of pyridine rings is 1. The van der Waals surface area contributed by atoms with Crippen LogP contribution in [0.25, 0.3) is 0 Å². The first-order valence-electron chi connectivity index (χ1n) is 6.38. The lowest BCUT2D eigenvalue weighted by atomic mass is 9.93. The van der Waals surface area contributed by atoms with Gasteiger partial charge in [-0.15, -0.1) is 0 Å². The zero-order chi connectivity index (χ0) is 14.2. The van der Waals surface area contributed by atoms with Gasteiger partial charge in [-0.2, -0.15) is 0 Å². The molecule has 2 rings (SSSR count). The molecule has 1 aromatic carbocycles. The van der Waals surface area contributed by atoms with Gasteiger partial charge in [0.05, 0.1) is 0 Å². The van der Waals surface area contributed by atoms with E-state index in [9.17, 15) is 5.11 Å². The number of rotatable bonds is 2. The topological polar surface area (TPSA) is 59.1 Å². The van der Waals surface area contributed by atoms with Crippen LogP contribution in [0, 0.1) is 27.7 Å². The van der Waals surface area contributed by atoms with Gasteiger partial charge in [0.2, 0.25) is 0 Å². The number of nitrogen functional groups attached to an aromatic ring is 1. The van der Waals surface area contributed by atoms with Gasteiger partial charge < -0.3 is 10.8 Å². The van der Waals surface area contributed by atoms with E-state index < -0.39 is 6.10 Å². The van der Waals surface area contributed by atoms with Crippen molar-refractivity contribution in [1.82, 2.24) is 4.98 Å². The maximum Gasteiger partial charge on any atom is 0.129 e. The van der Waals surface area contributed by atoms with Crippen molar-refractivity contribution in [1.29, 1.82) is 0 Å². The highest BCUT2D eigenvalue weighted by molar-refractivity contribution is 5.49. The van der Waals surface area contributed by atoms with Crippen molar-refractivity contribution in [3.63, 3.8) is 0 Å². The summed E-state index contributed by atoms with van der Waals surface area (Å²) in [6.45, 7) is 8.06. The van der Waals surface area contributed by atoms with E-state index in [2.05, 4.69) is 18.0 Å². The summed E-state index contributed by atoms with van der Waals surface area (Å²) < 4.78 is 0. The van der Waals surface area contributed by atoms with E-state index in [-0.39, 0.29) is 0 Å². The number of nitrogens with zero attached hydrogens (tertiary/aromatic N) is 1. The lowest BCUT2D eigenvalue weighted by Gasteiger charge is -2.17. The molecule has 0 aliphatic carbocycles. The molecule has 1 aromatic heterocycles. The van der Waals surface area contributed by atoms with Crippen LogP contribution >= 0.6 is 0 Å². The quantitative estimate of drug-likeness (QED) is 0.868. The minimum atomic E-state index is -0.730. The summed E-state index contributed by atoms with van der Waals surface area (Å²) in [5.74, 6) is 0.385. The minimum Gasteiger partial charge on any atom is -0.384 e. The number of benzene rings is 1. The lowest BCUT2D eigenvalue weighted by molar-refractivity contribution is 0.220. The second-order valence-electron chi connectivity index (χ2n) is 5.18. The van der Waals surface area contributed by atoms with Gasteiger partial charge >= 0.3 is 0 Å². The Bertz CT molecular complexity index is 620. The van der Waals surface area contributed by atoms with Gasteiger partial charge in [0.1, 0.15) is 11.9 Å². The van der Waals surface area contributed by atoms with Crippen molar-refractivity contribution >= 4 is 5.82 Å². The molecule has 1 atom stereocenters. The Kier molecular flexibility index (Phi) is 3.58. The molecule has 100 valence electrons. The monoisotopic (exact) mass is 256 g/mol. The predicted molar refractivity (Wildman–Crippen MR) is 78.1 cm³/mol. The summed E-state index contributed by atoms with van der Waals surface area (Å²) in [7, 11) is 0. The maximum atomic E-state index is 10.6. The number of anilines is 1. The van der Waals surface area contributed by atoms with Crippen LogP contribution in [0.4, 0.5) is 5.82 Å². The normalized spacial score (nSPS) is 12.5. The number of aliphatic hydroxyl groups is 1. The smallest absolute Gasteiger partial charge is 0.129 e. The molecule has 0 spiro atoms. The molecule has 3 N–H and O–H groups in total. The van der Waals surface area contributed by atoms with E-state index in [1.165, 1.54) is 11.1 Å². The average molecular weight is 256 g/mol. The Hall–Kier alpha value is -1.87. The Morgan fingerprint density at radius 2 is 1.58 bits per heavy atom. The molecule has 3 heteroatoms. The molecule has 0 radical (unpaired) electrons. The largest absolute Gasteiger partial charge is 0.384 e. The van der Waals surface area contributed by atoms with E-state index in [0.29, 0.717) is 11.4 Å². The number of hydrogen-bond acceptors (Lipinski definition) is 3. The van der Waals surface area contributed by atoms with Gasteiger partial charge in [-0.1, -0.05) is 12.1 Å². The molecule has 0 amide bonds. The van der Waals surface area contributed by atoms with Crippen LogP contribution in [0.2, 0.25) is 0 Å². The van der Waals surface area contributed by atoms with Crippen LogP contribution < -0.4 is 5.73 Å². The molecule has 19 heavy (non-hydrogen) atoms. The SMILES string of the molecule is Cc1cnc(N)c(C(O)c2cc(C)c(C)cc2C)c1. The van der Waals surface area contributed by atoms with Crippen LogP contribution in [-0.2, 0) is 0 Å². The first kappa shape index (κ1) is 13.6. The van der Waals surface area contributed by atoms with Gasteiger partial charge in [-0.3, -0.25) is 0 Å². The van der Waals surface area contributed by atoms with Gasteiger partial charge in [-0.05, 0) is 61.6 Å². The molecule has 0 bridgehead atoms. The van der Waals surface area contributed by atoms with Crippen LogP contribution in [0.15, 0.2) is 24.4 Å². The standard InChI is InChI=1S/C16H20N2O/c1-9-5-14(16(17)18-8-9)15(19)13-7-11(3)10(2)6-12(13)4/h5-8,15,19H,1-4H3,(H2,17,18). The highest BCUT2D eigenvalue weighted by Gasteiger charge is 2.17. The summed E-state index contributed by atoms with van der Waals surface area (Å²) >= 11 is 0. The van der Waals surface area contributed by atoms with E-state index in [0.717, 1.165) is 16.7 Å². The average Bonchev–Trinajstić information content (AvgIpc) is 2.36. The van der Waals surface area contributed by atoms with E-state index in [1.807, 2.05) is 32.9 Å². The molecule has 0 saturated heterocycles. The van der Waals surface area contributed by atoms with E-state index in [4.69, 9.17) is 5.73 Å². The Balaban J connectivity index is 2.52. The summed E-state index contributed by atoms with van der Waals surface area (Å²) in [5, 5.41) is 10.6. The number of aryl methyl sites for hydroxylation is 4. The highest BCUT2D eigenvalue weighted by Crippen LogP contribution is 2.29. The van der Waals surface area contributed by atoms with Crippen LogP contribution in [0.1, 0.15) is 39.5 Å². The van der Waals surface area contributed by atoms with Crippen LogP contribution in [-0.4, -0.2) is 10.1 Å². The van der Waals surface area contributed by atoms with Crippen molar-refractivity contribution in [2.45, 2.75) is 33.8 Å². The Morgan fingerprint density at radius 3 is 2.26 bits per heavy atom. The van der Waals surface area contributed by atoms with E-state index >= 15 is 0 Å². The highest BCUT2D eigenvalue weighted by atomic mass is 16.3. The second kappa shape index (κ2) is 5.02. The number of hydrogen-bond donors (Lipinski definition) is 2. The molecule has 0 aliphatic heterocycles. The summed E-state index contributed by atoms with van der Waals surface area (Å²) in [6.07, 6.45) is 0.977. The molecule has 0 aliphatic rings. The number of aromatic nitrogens is 1. The van der Waals surface area contributed by atoms with Crippen molar-refractivity contribution in [2.24, 2.45) is 0 Å². The van der Waals surface area contributed by atoms with Gasteiger partial charge in [-0.25, -0.2) is 4.98 Å². The van der Waals surface area contributed by atoms with Crippen LogP contribution in [0.3, 0.4) is 0 Å². The fourth-order valence-corrected chi connectivity index (χ4v) is 2.27. The Morgan fingerprint density at radius 1 is 0.947 bits per heavy atom. The van der Waals surface area contributed by atoms with Crippen molar-refractivity contribution in [2.75, 3.05) is 5.73 Å². The molecule has 1 heterocycles. The van der Waals surface area contributed by atoms with Crippen LogP contribution in [0.5, 0.6) is 0 Å². The minimum absolute atomic E-state index is 0.385. The summed E-state index contributed by atoms with van der Waals surface area (Å²) in [6, 6.07) is 6.01.